The Morgan fingerprint density at radius 1 is 1.15 bits per heavy atom. The monoisotopic (exact) mass is 424 g/mol. The van der Waals surface area contributed by atoms with E-state index in [1.165, 1.54) is 12.3 Å². The number of nitrogens with one attached hydrogen (secondary N) is 1. The summed E-state index contributed by atoms with van der Waals surface area (Å²) in [7, 11) is 0. The minimum atomic E-state index is -0.899. The van der Waals surface area contributed by atoms with Crippen molar-refractivity contribution >= 4 is 55.1 Å². The molecule has 8 heteroatoms. The second-order valence-electron chi connectivity index (χ2n) is 3.69. The second kappa shape index (κ2) is 6.15. The molecule has 1 aromatic heterocycles. The molecule has 0 radical (unpaired) electrons. The van der Waals surface area contributed by atoms with Crippen molar-refractivity contribution in [3.63, 3.8) is 0 Å². The Labute approximate surface area is 134 Å². The first-order valence-corrected chi connectivity index (χ1v) is 7.12. The molecule has 0 atom stereocenters. The highest BCUT2D eigenvalue weighted by Gasteiger charge is 2.17. The lowest BCUT2D eigenvalue weighted by Gasteiger charge is -2.09. The van der Waals surface area contributed by atoms with Crippen LogP contribution in [0.1, 0.15) is 10.4 Å². The van der Waals surface area contributed by atoms with E-state index < -0.39 is 23.2 Å². The van der Waals surface area contributed by atoms with Crippen molar-refractivity contribution in [3.8, 4) is 0 Å². The Hall–Kier alpha value is -1.05. The molecule has 1 heterocycles. The number of amides is 1. The Kier molecular flexibility index (Phi) is 4.72. The maximum absolute atomic E-state index is 13.6. The van der Waals surface area contributed by atoms with Gasteiger partial charge in [0.15, 0.2) is 11.6 Å². The average molecular weight is 426 g/mol. The highest BCUT2D eigenvalue weighted by Crippen LogP contribution is 2.25. The molecule has 104 valence electrons. The predicted octanol–water partition coefficient (Wildman–Crippen LogP) is 4.79. The zero-order chi connectivity index (χ0) is 14.9. The van der Waals surface area contributed by atoms with Crippen molar-refractivity contribution < 1.29 is 13.6 Å². The van der Waals surface area contributed by atoms with Crippen LogP contribution in [0.15, 0.2) is 33.3 Å². The molecule has 2 aromatic rings. The Balaban J connectivity index is 2.35. The number of hydrogen-bond donors (Lipinski definition) is 1. The summed E-state index contributed by atoms with van der Waals surface area (Å²) in [6.45, 7) is 0. The van der Waals surface area contributed by atoms with Crippen LogP contribution in [0.25, 0.3) is 0 Å². The number of rotatable bonds is 2. The number of benzene rings is 1. The van der Waals surface area contributed by atoms with Crippen molar-refractivity contribution in [2.75, 3.05) is 5.32 Å². The first kappa shape index (κ1) is 15.3. The third-order valence-corrected chi connectivity index (χ3v) is 3.49. The van der Waals surface area contributed by atoms with E-state index >= 15 is 0 Å². The quantitative estimate of drug-likeness (QED) is 0.702. The maximum Gasteiger partial charge on any atom is 0.258 e. The van der Waals surface area contributed by atoms with Crippen LogP contribution in [0.3, 0.4) is 0 Å². The third kappa shape index (κ3) is 3.34. The van der Waals surface area contributed by atoms with Crippen molar-refractivity contribution in [1.29, 1.82) is 0 Å². The van der Waals surface area contributed by atoms with Gasteiger partial charge in [-0.2, -0.15) is 0 Å². The molecule has 3 nitrogen and oxygen atoms in total. The summed E-state index contributed by atoms with van der Waals surface area (Å²) in [5.74, 6) is -2.56. The minimum absolute atomic E-state index is 0.00256. The van der Waals surface area contributed by atoms with Gasteiger partial charge in [-0.25, -0.2) is 13.8 Å². The molecule has 0 aliphatic heterocycles. The van der Waals surface area contributed by atoms with Gasteiger partial charge in [0.25, 0.3) is 5.91 Å². The molecule has 20 heavy (non-hydrogen) atoms. The van der Waals surface area contributed by atoms with Gasteiger partial charge in [0.1, 0.15) is 10.8 Å². The summed E-state index contributed by atoms with van der Waals surface area (Å²) in [4.78, 5) is 15.7. The summed E-state index contributed by atoms with van der Waals surface area (Å²) >= 11 is 11.9. The highest BCUT2D eigenvalue weighted by atomic mass is 79.9. The fourth-order valence-corrected chi connectivity index (χ4v) is 2.35. The Morgan fingerprint density at radius 2 is 1.75 bits per heavy atom. The zero-order valence-corrected chi connectivity index (χ0v) is 13.5. The van der Waals surface area contributed by atoms with Crippen LogP contribution >= 0.6 is 43.5 Å². The molecule has 0 saturated carbocycles. The molecule has 1 aromatic carbocycles. The van der Waals surface area contributed by atoms with Gasteiger partial charge in [0.2, 0.25) is 0 Å². The summed E-state index contributed by atoms with van der Waals surface area (Å²) < 4.78 is 28.0. The summed E-state index contributed by atoms with van der Waals surface area (Å²) in [6, 6.07) is 3.48. The van der Waals surface area contributed by atoms with E-state index in [4.69, 9.17) is 11.6 Å². The maximum atomic E-state index is 13.6. The minimum Gasteiger partial charge on any atom is -0.317 e. The van der Waals surface area contributed by atoms with Crippen molar-refractivity contribution in [1.82, 2.24) is 4.98 Å². The van der Waals surface area contributed by atoms with Gasteiger partial charge in [-0.3, -0.25) is 4.79 Å². The smallest absolute Gasteiger partial charge is 0.258 e. The van der Waals surface area contributed by atoms with Gasteiger partial charge >= 0.3 is 0 Å². The molecule has 1 N–H and O–H groups in total. The number of halogens is 5. The van der Waals surface area contributed by atoms with E-state index in [0.29, 0.717) is 4.47 Å². The molecule has 1 amide bonds. The first-order valence-electron chi connectivity index (χ1n) is 5.15. The van der Waals surface area contributed by atoms with Gasteiger partial charge in [-0.05, 0) is 34.1 Å². The lowest BCUT2D eigenvalue weighted by Crippen LogP contribution is -2.15. The first-order chi connectivity index (χ1) is 9.38. The molecule has 0 aliphatic rings. The second-order valence-corrected chi connectivity index (χ2v) is 5.88. The number of nitrogens with zero attached hydrogens (tertiary/aromatic N) is 1. The fourth-order valence-electron chi connectivity index (χ4n) is 1.42. The van der Waals surface area contributed by atoms with E-state index in [0.717, 1.165) is 12.1 Å². The largest absolute Gasteiger partial charge is 0.317 e. The number of carbonyl (C=O) groups excluding carboxylic acids is 1. The van der Waals surface area contributed by atoms with E-state index in [2.05, 4.69) is 42.2 Å². The standard InChI is InChI=1S/C12H5Br2ClF2N2O/c13-5-2-8(16)10(9(17)3-5)19-12(20)7-1-6(14)4-18-11(7)15/h1-4H,(H,19,20). The fraction of sp³-hybridized carbons (Fsp3) is 0. The molecule has 0 bridgehead atoms. The van der Waals surface area contributed by atoms with Crippen molar-refractivity contribution in [2.24, 2.45) is 0 Å². The third-order valence-electron chi connectivity index (χ3n) is 2.30. The lowest BCUT2D eigenvalue weighted by molar-refractivity contribution is 0.102. The lowest BCUT2D eigenvalue weighted by atomic mass is 10.2. The molecule has 0 saturated heterocycles. The van der Waals surface area contributed by atoms with Crippen LogP contribution in [0.4, 0.5) is 14.5 Å². The molecular weight excluding hydrogens is 421 g/mol. The van der Waals surface area contributed by atoms with E-state index in [1.807, 2.05) is 0 Å². The number of anilines is 1. The van der Waals surface area contributed by atoms with Gasteiger partial charge in [0, 0.05) is 15.1 Å². The van der Waals surface area contributed by atoms with Crippen LogP contribution < -0.4 is 5.32 Å². The Morgan fingerprint density at radius 3 is 2.35 bits per heavy atom. The van der Waals surface area contributed by atoms with E-state index in [1.54, 1.807) is 0 Å². The van der Waals surface area contributed by atoms with E-state index in [9.17, 15) is 13.6 Å². The van der Waals surface area contributed by atoms with Gasteiger partial charge in [-0.1, -0.05) is 27.5 Å². The average Bonchev–Trinajstić information content (AvgIpc) is 2.36. The van der Waals surface area contributed by atoms with E-state index in [-0.39, 0.29) is 15.2 Å². The van der Waals surface area contributed by atoms with Crippen LogP contribution in [-0.4, -0.2) is 10.9 Å². The molecule has 2 rings (SSSR count). The molecule has 0 spiro atoms. The molecule has 0 fully saturated rings. The van der Waals surface area contributed by atoms with Crippen LogP contribution in [0.5, 0.6) is 0 Å². The number of pyridine rings is 1. The van der Waals surface area contributed by atoms with Gasteiger partial charge in [0.05, 0.1) is 5.56 Å². The van der Waals surface area contributed by atoms with Crippen LogP contribution in [-0.2, 0) is 0 Å². The van der Waals surface area contributed by atoms with Crippen LogP contribution in [0.2, 0.25) is 5.15 Å². The molecular formula is C12H5Br2ClF2N2O. The highest BCUT2D eigenvalue weighted by molar-refractivity contribution is 9.10. The number of hydrogen-bond acceptors (Lipinski definition) is 2. The number of aromatic nitrogens is 1. The Bertz CT molecular complexity index is 674. The number of carbonyl (C=O) groups is 1. The molecule has 0 aliphatic carbocycles. The zero-order valence-electron chi connectivity index (χ0n) is 9.55. The topological polar surface area (TPSA) is 42.0 Å². The normalized spacial score (nSPS) is 10.4. The van der Waals surface area contributed by atoms with Gasteiger partial charge in [-0.15, -0.1) is 0 Å². The van der Waals surface area contributed by atoms with Gasteiger partial charge < -0.3 is 5.32 Å². The SMILES string of the molecule is O=C(Nc1c(F)cc(Br)cc1F)c1cc(Br)cnc1Cl. The molecule has 0 unspecified atom stereocenters. The van der Waals surface area contributed by atoms with Crippen LogP contribution in [0, 0.1) is 11.6 Å². The van der Waals surface area contributed by atoms with Crippen molar-refractivity contribution in [2.45, 2.75) is 0 Å². The summed E-state index contributed by atoms with van der Waals surface area (Å²) in [5, 5.41) is 2.07. The summed E-state index contributed by atoms with van der Waals surface area (Å²) in [5.41, 5.74) is -0.544. The predicted molar refractivity (Wildman–Crippen MR) is 79.0 cm³/mol. The van der Waals surface area contributed by atoms with Crippen molar-refractivity contribution in [3.05, 3.63) is 55.7 Å². The summed E-state index contributed by atoms with van der Waals surface area (Å²) in [6.07, 6.45) is 1.40.